The van der Waals surface area contributed by atoms with Crippen LogP contribution in [0.2, 0.25) is 0 Å². The smallest absolute Gasteiger partial charge is 0.128 e. The summed E-state index contributed by atoms with van der Waals surface area (Å²) in [6, 6.07) is 2.35. The van der Waals surface area contributed by atoms with Crippen LogP contribution in [0.3, 0.4) is 0 Å². The van der Waals surface area contributed by atoms with E-state index in [0.29, 0.717) is 11.1 Å². The first-order valence-electron chi connectivity index (χ1n) is 6.33. The van der Waals surface area contributed by atoms with Gasteiger partial charge in [0.1, 0.15) is 11.6 Å². The number of benzene rings is 1. The fraction of sp³-hybridized carbons (Fsp3) is 0.571. The van der Waals surface area contributed by atoms with E-state index in [1.165, 1.54) is 12.1 Å². The molecule has 1 unspecified atom stereocenters. The minimum absolute atomic E-state index is 0.189. The van der Waals surface area contributed by atoms with Crippen LogP contribution in [-0.2, 0) is 0 Å². The van der Waals surface area contributed by atoms with Gasteiger partial charge < -0.3 is 10.2 Å². The quantitative estimate of drug-likeness (QED) is 0.842. The summed E-state index contributed by atoms with van der Waals surface area (Å²) in [5, 5.41) is 3.20. The Kier molecular flexibility index (Phi) is 5.69. The maximum atomic E-state index is 13.7. The van der Waals surface area contributed by atoms with Crippen LogP contribution < -0.4 is 5.32 Å². The first-order valence-corrected chi connectivity index (χ1v) is 6.33. The van der Waals surface area contributed by atoms with Crippen molar-refractivity contribution in [2.75, 3.05) is 26.7 Å². The topological polar surface area (TPSA) is 15.3 Å². The van der Waals surface area contributed by atoms with Crippen LogP contribution in [0.4, 0.5) is 8.78 Å². The van der Waals surface area contributed by atoms with Gasteiger partial charge in [-0.2, -0.15) is 0 Å². The number of hydrogen-bond donors (Lipinski definition) is 1. The fourth-order valence-electron chi connectivity index (χ4n) is 1.73. The third-order valence-corrected chi connectivity index (χ3v) is 3.23. The molecule has 1 aromatic rings. The SMILES string of the molecule is CCN(C)CCNC(C)c1cc(F)c(C)cc1F. The van der Waals surface area contributed by atoms with E-state index in [4.69, 9.17) is 0 Å². The van der Waals surface area contributed by atoms with Crippen LogP contribution >= 0.6 is 0 Å². The molecule has 0 fully saturated rings. The van der Waals surface area contributed by atoms with E-state index in [0.717, 1.165) is 19.6 Å². The summed E-state index contributed by atoms with van der Waals surface area (Å²) in [5.74, 6) is -0.705. The van der Waals surface area contributed by atoms with Crippen LogP contribution in [0.1, 0.15) is 31.0 Å². The van der Waals surface area contributed by atoms with Gasteiger partial charge >= 0.3 is 0 Å². The molecule has 0 bridgehead atoms. The Morgan fingerprint density at radius 3 is 2.56 bits per heavy atom. The molecule has 18 heavy (non-hydrogen) atoms. The van der Waals surface area contributed by atoms with Gasteiger partial charge in [0.05, 0.1) is 0 Å². The number of halogens is 2. The zero-order valence-corrected chi connectivity index (χ0v) is 11.6. The molecule has 1 N–H and O–H groups in total. The lowest BCUT2D eigenvalue weighted by Crippen LogP contribution is -2.31. The molecule has 1 aromatic carbocycles. The van der Waals surface area contributed by atoms with Gasteiger partial charge in [0, 0.05) is 24.7 Å². The van der Waals surface area contributed by atoms with Crippen molar-refractivity contribution in [3.63, 3.8) is 0 Å². The van der Waals surface area contributed by atoms with Crippen molar-refractivity contribution in [2.45, 2.75) is 26.8 Å². The number of nitrogens with one attached hydrogen (secondary N) is 1. The summed E-state index contributed by atoms with van der Waals surface area (Å²) >= 11 is 0. The Morgan fingerprint density at radius 2 is 1.94 bits per heavy atom. The van der Waals surface area contributed by atoms with Crippen LogP contribution in [0, 0.1) is 18.6 Å². The summed E-state index contributed by atoms with van der Waals surface area (Å²) < 4.78 is 27.1. The highest BCUT2D eigenvalue weighted by Crippen LogP contribution is 2.20. The zero-order valence-electron chi connectivity index (χ0n) is 11.6. The lowest BCUT2D eigenvalue weighted by molar-refractivity contribution is 0.341. The van der Waals surface area contributed by atoms with Crippen LogP contribution in [-0.4, -0.2) is 31.6 Å². The van der Waals surface area contributed by atoms with Crippen molar-refractivity contribution < 1.29 is 8.78 Å². The minimum Gasteiger partial charge on any atom is -0.309 e. The van der Waals surface area contributed by atoms with Gasteiger partial charge in [-0.15, -0.1) is 0 Å². The molecule has 2 nitrogen and oxygen atoms in total. The number of aryl methyl sites for hydroxylation is 1. The highest BCUT2D eigenvalue weighted by atomic mass is 19.1. The van der Waals surface area contributed by atoms with Crippen LogP contribution in [0.5, 0.6) is 0 Å². The predicted molar refractivity (Wildman–Crippen MR) is 70.7 cm³/mol. The summed E-state index contributed by atoms with van der Waals surface area (Å²) in [6.45, 7) is 8.11. The van der Waals surface area contributed by atoms with Gasteiger partial charge in [-0.3, -0.25) is 0 Å². The molecule has 0 saturated heterocycles. The van der Waals surface area contributed by atoms with Crippen molar-refractivity contribution in [3.05, 3.63) is 34.9 Å². The van der Waals surface area contributed by atoms with Crippen molar-refractivity contribution in [1.82, 2.24) is 10.2 Å². The molecule has 1 atom stereocenters. The van der Waals surface area contributed by atoms with E-state index in [9.17, 15) is 8.78 Å². The number of likely N-dealkylation sites (N-methyl/N-ethyl adjacent to an activating group) is 1. The third-order valence-electron chi connectivity index (χ3n) is 3.23. The normalized spacial score (nSPS) is 13.1. The third kappa shape index (κ3) is 4.03. The Labute approximate surface area is 108 Å². The van der Waals surface area contributed by atoms with E-state index >= 15 is 0 Å². The summed E-state index contributed by atoms with van der Waals surface area (Å²) in [5.41, 5.74) is 0.728. The molecule has 0 saturated carbocycles. The van der Waals surface area contributed by atoms with Gasteiger partial charge in [-0.05, 0) is 45.1 Å². The molecule has 0 spiro atoms. The van der Waals surface area contributed by atoms with E-state index in [2.05, 4.69) is 17.1 Å². The molecule has 0 aliphatic heterocycles. The molecule has 1 rings (SSSR count). The lowest BCUT2D eigenvalue weighted by Gasteiger charge is -2.19. The molecular formula is C14H22F2N2. The average molecular weight is 256 g/mol. The van der Waals surface area contributed by atoms with Crippen LogP contribution in [0.25, 0.3) is 0 Å². The molecule has 0 radical (unpaired) electrons. The van der Waals surface area contributed by atoms with Crippen molar-refractivity contribution in [1.29, 1.82) is 0 Å². The minimum atomic E-state index is -0.356. The standard InChI is InChI=1S/C14H22F2N2/c1-5-18(4)7-6-17-11(3)12-9-13(15)10(2)8-14(12)16/h8-9,11,17H,5-7H2,1-4H3. The molecule has 0 heterocycles. The van der Waals surface area contributed by atoms with Gasteiger partial charge in [-0.25, -0.2) is 8.78 Å². The first kappa shape index (κ1) is 15.1. The van der Waals surface area contributed by atoms with Crippen molar-refractivity contribution in [3.8, 4) is 0 Å². The predicted octanol–water partition coefficient (Wildman–Crippen LogP) is 2.88. The average Bonchev–Trinajstić information content (AvgIpc) is 2.33. The first-order chi connectivity index (χ1) is 8.45. The Balaban J connectivity index is 2.61. The maximum absolute atomic E-state index is 13.7. The highest BCUT2D eigenvalue weighted by Gasteiger charge is 2.13. The molecular weight excluding hydrogens is 234 g/mol. The van der Waals surface area contributed by atoms with E-state index < -0.39 is 0 Å². The Bertz CT molecular complexity index is 394. The maximum Gasteiger partial charge on any atom is 0.128 e. The zero-order chi connectivity index (χ0) is 13.7. The van der Waals surface area contributed by atoms with E-state index in [1.54, 1.807) is 6.92 Å². The Morgan fingerprint density at radius 1 is 1.28 bits per heavy atom. The van der Waals surface area contributed by atoms with Crippen molar-refractivity contribution in [2.24, 2.45) is 0 Å². The van der Waals surface area contributed by atoms with Gasteiger partial charge in [-0.1, -0.05) is 6.92 Å². The highest BCUT2D eigenvalue weighted by molar-refractivity contribution is 5.27. The van der Waals surface area contributed by atoms with E-state index in [-0.39, 0.29) is 17.7 Å². The summed E-state index contributed by atoms with van der Waals surface area (Å²) in [4.78, 5) is 2.16. The molecule has 0 aliphatic carbocycles. The second-order valence-electron chi connectivity index (χ2n) is 4.69. The van der Waals surface area contributed by atoms with Gasteiger partial charge in [0.25, 0.3) is 0 Å². The molecule has 0 aliphatic rings. The Hall–Kier alpha value is -1.00. The second-order valence-corrected chi connectivity index (χ2v) is 4.69. The van der Waals surface area contributed by atoms with E-state index in [1.807, 2.05) is 14.0 Å². The molecule has 0 aromatic heterocycles. The van der Waals surface area contributed by atoms with Gasteiger partial charge in [0.2, 0.25) is 0 Å². The monoisotopic (exact) mass is 256 g/mol. The largest absolute Gasteiger partial charge is 0.309 e. The summed E-state index contributed by atoms with van der Waals surface area (Å²) in [7, 11) is 2.03. The second kappa shape index (κ2) is 6.81. The lowest BCUT2D eigenvalue weighted by atomic mass is 10.1. The van der Waals surface area contributed by atoms with Crippen LogP contribution in [0.15, 0.2) is 12.1 Å². The summed E-state index contributed by atoms with van der Waals surface area (Å²) in [6.07, 6.45) is 0. The number of hydrogen-bond acceptors (Lipinski definition) is 2. The fourth-order valence-corrected chi connectivity index (χ4v) is 1.73. The van der Waals surface area contributed by atoms with Gasteiger partial charge in [0.15, 0.2) is 0 Å². The molecule has 102 valence electrons. The van der Waals surface area contributed by atoms with Crippen molar-refractivity contribution >= 4 is 0 Å². The molecule has 0 amide bonds. The molecule has 4 heteroatoms. The number of nitrogens with zero attached hydrogens (tertiary/aromatic N) is 1. The number of rotatable bonds is 6.